The van der Waals surface area contributed by atoms with Gasteiger partial charge < -0.3 is 13.9 Å². The molecule has 2 aromatic heterocycles. The van der Waals surface area contributed by atoms with Gasteiger partial charge in [-0.2, -0.15) is 0 Å². The quantitative estimate of drug-likeness (QED) is 0.210. The Labute approximate surface area is 201 Å². The molecule has 1 N–H and O–H groups in total. The molecule has 5 aromatic rings. The van der Waals surface area contributed by atoms with Gasteiger partial charge in [0.2, 0.25) is 11.8 Å². The van der Waals surface area contributed by atoms with E-state index in [0.717, 1.165) is 36.1 Å². The van der Waals surface area contributed by atoms with Crippen molar-refractivity contribution in [2.45, 2.75) is 19.5 Å². The number of likely N-dealkylation sites (N-methyl/N-ethyl adjacent to an activating group) is 1. The van der Waals surface area contributed by atoms with Crippen molar-refractivity contribution in [3.63, 3.8) is 0 Å². The van der Waals surface area contributed by atoms with E-state index in [0.29, 0.717) is 17.3 Å². The topological polar surface area (TPSA) is 97.8 Å². The number of benzene rings is 3. The number of aromatic nitrogens is 3. The molecule has 0 spiro atoms. The first kappa shape index (κ1) is 21.2. The van der Waals surface area contributed by atoms with E-state index in [9.17, 15) is 10.1 Å². The van der Waals surface area contributed by atoms with Crippen molar-refractivity contribution < 1.29 is 13.8 Å². The van der Waals surface area contributed by atoms with Crippen LogP contribution in [0, 0.1) is 10.1 Å². The maximum atomic E-state index is 10.9. The van der Waals surface area contributed by atoms with Crippen LogP contribution in [0.4, 0.5) is 5.69 Å². The molecule has 1 aliphatic heterocycles. The third-order valence-corrected chi connectivity index (χ3v) is 6.86. The zero-order chi connectivity index (χ0) is 24.0. The molecule has 1 aliphatic rings. The molecule has 3 aromatic carbocycles. The van der Waals surface area contributed by atoms with Crippen LogP contribution in [0.5, 0.6) is 0 Å². The van der Waals surface area contributed by atoms with Crippen LogP contribution < -0.4 is 0 Å². The van der Waals surface area contributed by atoms with E-state index in [2.05, 4.69) is 58.6 Å². The van der Waals surface area contributed by atoms with Crippen LogP contribution in [0.3, 0.4) is 0 Å². The summed E-state index contributed by atoms with van der Waals surface area (Å²) >= 11 is 0. The van der Waals surface area contributed by atoms with Crippen LogP contribution >= 0.6 is 0 Å². The van der Waals surface area contributed by atoms with Crippen LogP contribution in [-0.4, -0.2) is 38.2 Å². The smallest absolute Gasteiger partial charge is 0.269 e. The molecule has 0 radical (unpaired) electrons. The third kappa shape index (κ3) is 3.98. The molecular formula is C27H24N5O3+. The fraction of sp³-hybridized carbons (Fsp3) is 0.185. The lowest BCUT2D eigenvalue weighted by atomic mass is 10.0. The van der Waals surface area contributed by atoms with Gasteiger partial charge in [-0.05, 0) is 30.3 Å². The summed E-state index contributed by atoms with van der Waals surface area (Å²) < 4.78 is 6.79. The number of para-hydroxylation sites is 1. The van der Waals surface area contributed by atoms with Gasteiger partial charge in [0, 0.05) is 57.4 Å². The van der Waals surface area contributed by atoms with Gasteiger partial charge in [-0.3, -0.25) is 10.1 Å². The van der Waals surface area contributed by atoms with E-state index < -0.39 is 4.92 Å². The highest BCUT2D eigenvalue weighted by atomic mass is 16.6. The fourth-order valence-corrected chi connectivity index (χ4v) is 5.00. The van der Waals surface area contributed by atoms with Crippen molar-refractivity contribution in [1.29, 1.82) is 0 Å². The molecule has 1 atom stereocenters. The molecule has 1 unspecified atom stereocenters. The summed E-state index contributed by atoms with van der Waals surface area (Å²) in [6, 6.07) is 22.9. The second kappa shape index (κ2) is 8.18. The molecule has 0 aliphatic carbocycles. The fourth-order valence-electron chi connectivity index (χ4n) is 5.00. The summed E-state index contributed by atoms with van der Waals surface area (Å²) in [5.41, 5.74) is 6.81. The molecule has 0 fully saturated rings. The molecular weight excluding hydrogens is 442 g/mol. The summed E-state index contributed by atoms with van der Waals surface area (Å²) in [6.45, 7) is 3.03. The number of nitro benzene ring substituents is 1. The van der Waals surface area contributed by atoms with Gasteiger partial charge in [-0.15, -0.1) is 10.2 Å². The largest absolute Gasteiger partial charge is 0.416 e. The van der Waals surface area contributed by atoms with Crippen LogP contribution in [0.1, 0.15) is 16.8 Å². The van der Waals surface area contributed by atoms with E-state index in [1.165, 1.54) is 39.9 Å². The Hall–Kier alpha value is -4.30. The number of aromatic amines is 1. The second-order valence-corrected chi connectivity index (χ2v) is 9.45. The van der Waals surface area contributed by atoms with E-state index >= 15 is 0 Å². The number of rotatable bonds is 5. The first-order valence-corrected chi connectivity index (χ1v) is 11.6. The number of hydrogen-bond donors (Lipinski definition) is 1. The first-order valence-electron chi connectivity index (χ1n) is 11.6. The summed E-state index contributed by atoms with van der Waals surface area (Å²) in [4.78, 5) is 14.0. The van der Waals surface area contributed by atoms with Crippen molar-refractivity contribution in [2.24, 2.45) is 0 Å². The number of quaternary nitrogens is 1. The lowest BCUT2D eigenvalue weighted by Gasteiger charge is -2.38. The van der Waals surface area contributed by atoms with Crippen LogP contribution in [0.25, 0.3) is 33.8 Å². The number of nitrogens with one attached hydrogen (secondary N) is 1. The number of fused-ring (bicyclic) bond motifs is 3. The Kier molecular flexibility index (Phi) is 4.96. The summed E-state index contributed by atoms with van der Waals surface area (Å²) in [5.74, 6) is 0.756. The van der Waals surface area contributed by atoms with Gasteiger partial charge in [0.25, 0.3) is 5.69 Å². The average molecular weight is 467 g/mol. The predicted octanol–water partition coefficient (Wildman–Crippen LogP) is 5.50. The van der Waals surface area contributed by atoms with Gasteiger partial charge in [0.15, 0.2) is 0 Å². The Bertz CT molecular complexity index is 1540. The molecule has 35 heavy (non-hydrogen) atoms. The van der Waals surface area contributed by atoms with E-state index in [1.807, 2.05) is 12.1 Å². The van der Waals surface area contributed by atoms with Gasteiger partial charge in [-0.25, -0.2) is 0 Å². The minimum absolute atomic E-state index is 0.0232. The normalized spacial score (nSPS) is 17.4. The van der Waals surface area contributed by atoms with Gasteiger partial charge in [0.1, 0.15) is 13.1 Å². The Morgan fingerprint density at radius 2 is 1.63 bits per heavy atom. The number of non-ortho nitro benzene ring substituents is 1. The molecule has 6 rings (SSSR count). The van der Waals surface area contributed by atoms with Gasteiger partial charge in [-0.1, -0.05) is 30.3 Å². The molecule has 0 amide bonds. The highest BCUT2D eigenvalue weighted by Crippen LogP contribution is 2.32. The van der Waals surface area contributed by atoms with Crippen molar-refractivity contribution in [3.8, 4) is 22.9 Å². The molecule has 0 saturated carbocycles. The first-order chi connectivity index (χ1) is 17.0. The lowest BCUT2D eigenvalue weighted by molar-refractivity contribution is -0.937. The summed E-state index contributed by atoms with van der Waals surface area (Å²) in [6.07, 6.45) is 1.05. The predicted molar refractivity (Wildman–Crippen MR) is 132 cm³/mol. The average Bonchev–Trinajstić information content (AvgIpc) is 3.50. The van der Waals surface area contributed by atoms with Crippen LogP contribution in [0.2, 0.25) is 0 Å². The Morgan fingerprint density at radius 3 is 2.31 bits per heavy atom. The minimum atomic E-state index is -0.434. The lowest BCUT2D eigenvalue weighted by Crippen LogP contribution is -2.46. The second-order valence-electron chi connectivity index (χ2n) is 9.45. The van der Waals surface area contributed by atoms with Gasteiger partial charge >= 0.3 is 0 Å². The van der Waals surface area contributed by atoms with Gasteiger partial charge in [0.05, 0.1) is 18.5 Å². The number of H-pyrrole nitrogens is 1. The summed E-state index contributed by atoms with van der Waals surface area (Å²) in [7, 11) is 2.33. The van der Waals surface area contributed by atoms with Crippen molar-refractivity contribution in [3.05, 3.63) is 99.7 Å². The van der Waals surface area contributed by atoms with Crippen molar-refractivity contribution in [2.75, 3.05) is 13.6 Å². The van der Waals surface area contributed by atoms with Crippen LogP contribution in [0.15, 0.2) is 77.2 Å². The monoisotopic (exact) mass is 466 g/mol. The molecule has 8 heteroatoms. The Balaban J connectivity index is 1.18. The van der Waals surface area contributed by atoms with Crippen molar-refractivity contribution in [1.82, 2.24) is 15.2 Å². The molecule has 0 bridgehead atoms. The standard InChI is InChI=1S/C27H24N5O3/c1-32(15-14-25-23(17-32)22-4-2-3-5-24(22)28-25)16-18-6-8-19(9-7-18)26-29-30-27(35-26)20-10-12-21(13-11-20)31(33)34/h2-13,28H,14-17H2,1H3/q+1. The number of nitro groups is 1. The highest BCUT2D eigenvalue weighted by Gasteiger charge is 2.31. The van der Waals surface area contributed by atoms with Crippen LogP contribution in [-0.2, 0) is 19.5 Å². The van der Waals surface area contributed by atoms with Crippen molar-refractivity contribution >= 4 is 16.6 Å². The molecule has 174 valence electrons. The van der Waals surface area contributed by atoms with E-state index in [-0.39, 0.29) is 5.69 Å². The zero-order valence-corrected chi connectivity index (χ0v) is 19.3. The third-order valence-electron chi connectivity index (χ3n) is 6.86. The van der Waals surface area contributed by atoms with E-state index in [1.54, 1.807) is 12.1 Å². The maximum absolute atomic E-state index is 10.9. The maximum Gasteiger partial charge on any atom is 0.269 e. The molecule has 8 nitrogen and oxygen atoms in total. The molecule has 3 heterocycles. The van der Waals surface area contributed by atoms with E-state index in [4.69, 9.17) is 4.42 Å². The Morgan fingerprint density at radius 1 is 0.971 bits per heavy atom. The highest BCUT2D eigenvalue weighted by molar-refractivity contribution is 5.84. The zero-order valence-electron chi connectivity index (χ0n) is 19.3. The summed E-state index contributed by atoms with van der Waals surface area (Å²) in [5, 5.41) is 20.5. The number of nitrogens with zero attached hydrogens (tertiary/aromatic N) is 4. The SMILES string of the molecule is C[N+]1(Cc2ccc(-c3nnc(-c4ccc([N+](=O)[O-])cc4)o3)cc2)CCc2[nH]c3ccccc3c2C1. The number of hydrogen-bond acceptors (Lipinski definition) is 5. The minimum Gasteiger partial charge on any atom is -0.416 e. The molecule has 0 saturated heterocycles.